The Balaban J connectivity index is 2.77. The number of benzene rings is 1. The highest BCUT2D eigenvalue weighted by Gasteiger charge is 2.15. The number of halogens is 1. The van der Waals surface area contributed by atoms with Crippen molar-refractivity contribution < 1.29 is 9.90 Å². The van der Waals surface area contributed by atoms with Crippen LogP contribution in [0.4, 0.5) is 0 Å². The van der Waals surface area contributed by atoms with E-state index in [2.05, 4.69) is 15.9 Å². The van der Waals surface area contributed by atoms with E-state index in [9.17, 15) is 4.79 Å². The molecule has 2 aromatic rings. The van der Waals surface area contributed by atoms with Gasteiger partial charge in [-0.15, -0.1) is 0 Å². The van der Waals surface area contributed by atoms with E-state index in [0.29, 0.717) is 12.2 Å². The second-order valence-electron chi connectivity index (χ2n) is 3.66. The minimum atomic E-state index is -0.878. The van der Waals surface area contributed by atoms with Gasteiger partial charge in [-0.3, -0.25) is 0 Å². The van der Waals surface area contributed by atoms with E-state index in [1.807, 2.05) is 29.7 Å². The largest absolute Gasteiger partial charge is 0.477 e. The SMILES string of the molecule is CCCn1c(C(=O)O)cc2cccc(Br)c21. The first-order chi connectivity index (χ1) is 7.65. The summed E-state index contributed by atoms with van der Waals surface area (Å²) < 4.78 is 2.79. The van der Waals surface area contributed by atoms with Gasteiger partial charge in [0.05, 0.1) is 5.52 Å². The summed E-state index contributed by atoms with van der Waals surface area (Å²) in [6.45, 7) is 2.75. The van der Waals surface area contributed by atoms with Crippen LogP contribution in [0.25, 0.3) is 10.9 Å². The van der Waals surface area contributed by atoms with E-state index in [-0.39, 0.29) is 0 Å². The molecule has 0 unspecified atom stereocenters. The zero-order valence-corrected chi connectivity index (χ0v) is 10.5. The molecular formula is C12H12BrNO2. The first-order valence-electron chi connectivity index (χ1n) is 5.16. The Labute approximate surface area is 102 Å². The summed E-state index contributed by atoms with van der Waals surface area (Å²) in [5.41, 5.74) is 1.31. The normalized spacial score (nSPS) is 10.9. The maximum atomic E-state index is 11.1. The van der Waals surface area contributed by atoms with Crippen LogP contribution in [0.1, 0.15) is 23.8 Å². The van der Waals surface area contributed by atoms with Gasteiger partial charge in [-0.25, -0.2) is 4.79 Å². The summed E-state index contributed by atoms with van der Waals surface area (Å²) >= 11 is 3.47. The summed E-state index contributed by atoms with van der Waals surface area (Å²) in [5, 5.41) is 10.1. The van der Waals surface area contributed by atoms with Crippen molar-refractivity contribution in [1.29, 1.82) is 0 Å². The zero-order valence-electron chi connectivity index (χ0n) is 8.90. The third-order valence-corrected chi connectivity index (χ3v) is 3.18. The fourth-order valence-corrected chi connectivity index (χ4v) is 2.51. The van der Waals surface area contributed by atoms with Gasteiger partial charge in [0.15, 0.2) is 0 Å². The second kappa shape index (κ2) is 4.29. The molecule has 2 rings (SSSR count). The number of carboxylic acid groups (broad SMARTS) is 1. The highest BCUT2D eigenvalue weighted by atomic mass is 79.9. The third kappa shape index (κ3) is 1.73. The average molecular weight is 282 g/mol. The Bertz CT molecular complexity index is 545. The maximum Gasteiger partial charge on any atom is 0.352 e. The fourth-order valence-electron chi connectivity index (χ4n) is 1.91. The van der Waals surface area contributed by atoms with Gasteiger partial charge in [0.2, 0.25) is 0 Å². The molecule has 1 aromatic heterocycles. The molecule has 1 aromatic carbocycles. The van der Waals surface area contributed by atoms with Crippen molar-refractivity contribution in [3.8, 4) is 0 Å². The van der Waals surface area contributed by atoms with Gasteiger partial charge in [0.25, 0.3) is 0 Å². The summed E-state index contributed by atoms with van der Waals surface area (Å²) in [5.74, 6) is -0.878. The van der Waals surface area contributed by atoms with Crippen LogP contribution in [-0.2, 0) is 6.54 Å². The van der Waals surface area contributed by atoms with Crippen LogP contribution >= 0.6 is 15.9 Å². The Kier molecular flexibility index (Phi) is 3.01. The number of aromatic carboxylic acids is 1. The molecule has 0 fully saturated rings. The predicted molar refractivity (Wildman–Crippen MR) is 66.9 cm³/mol. The number of para-hydroxylation sites is 1. The van der Waals surface area contributed by atoms with Crippen LogP contribution in [0.15, 0.2) is 28.7 Å². The van der Waals surface area contributed by atoms with E-state index in [0.717, 1.165) is 21.8 Å². The Hall–Kier alpha value is -1.29. The van der Waals surface area contributed by atoms with Crippen LogP contribution < -0.4 is 0 Å². The molecule has 0 bridgehead atoms. The van der Waals surface area contributed by atoms with Crippen molar-refractivity contribution >= 4 is 32.8 Å². The summed E-state index contributed by atoms with van der Waals surface area (Å²) in [4.78, 5) is 11.1. The average Bonchev–Trinajstić information content (AvgIpc) is 2.59. The third-order valence-electron chi connectivity index (χ3n) is 2.54. The number of hydrogen-bond acceptors (Lipinski definition) is 1. The van der Waals surface area contributed by atoms with Crippen LogP contribution in [0.5, 0.6) is 0 Å². The molecule has 0 radical (unpaired) electrons. The molecule has 3 nitrogen and oxygen atoms in total. The highest BCUT2D eigenvalue weighted by molar-refractivity contribution is 9.10. The predicted octanol–water partition coefficient (Wildman–Crippen LogP) is 3.51. The van der Waals surface area contributed by atoms with Crippen molar-refractivity contribution in [1.82, 2.24) is 4.57 Å². The van der Waals surface area contributed by atoms with E-state index in [1.165, 1.54) is 0 Å². The first-order valence-corrected chi connectivity index (χ1v) is 5.95. The number of fused-ring (bicyclic) bond motifs is 1. The van der Waals surface area contributed by atoms with Crippen molar-refractivity contribution in [3.05, 3.63) is 34.4 Å². The summed E-state index contributed by atoms with van der Waals surface area (Å²) in [6.07, 6.45) is 0.908. The minimum absolute atomic E-state index is 0.351. The number of nitrogens with zero attached hydrogens (tertiary/aromatic N) is 1. The van der Waals surface area contributed by atoms with E-state index in [4.69, 9.17) is 5.11 Å². The van der Waals surface area contributed by atoms with Crippen LogP contribution in [0, 0.1) is 0 Å². The molecular weight excluding hydrogens is 270 g/mol. The van der Waals surface area contributed by atoms with Gasteiger partial charge >= 0.3 is 5.97 Å². The Morgan fingerprint density at radius 3 is 2.88 bits per heavy atom. The molecule has 0 amide bonds. The zero-order chi connectivity index (χ0) is 11.7. The number of aromatic nitrogens is 1. The monoisotopic (exact) mass is 281 g/mol. The number of carboxylic acids is 1. The Morgan fingerprint density at radius 1 is 1.50 bits per heavy atom. The summed E-state index contributed by atoms with van der Waals surface area (Å²) in [6, 6.07) is 7.49. The molecule has 1 heterocycles. The van der Waals surface area contributed by atoms with E-state index >= 15 is 0 Å². The van der Waals surface area contributed by atoms with Crippen LogP contribution in [0.3, 0.4) is 0 Å². The van der Waals surface area contributed by atoms with Gasteiger partial charge in [0, 0.05) is 16.4 Å². The molecule has 1 N–H and O–H groups in total. The first kappa shape index (κ1) is 11.2. The van der Waals surface area contributed by atoms with Gasteiger partial charge in [-0.2, -0.15) is 0 Å². The van der Waals surface area contributed by atoms with Crippen molar-refractivity contribution in [2.75, 3.05) is 0 Å². The molecule has 0 saturated heterocycles. The standard InChI is InChI=1S/C12H12BrNO2/c1-2-6-14-10(12(15)16)7-8-4-3-5-9(13)11(8)14/h3-5,7H,2,6H2,1H3,(H,15,16). The van der Waals surface area contributed by atoms with Gasteiger partial charge in [-0.05, 0) is 34.5 Å². The molecule has 84 valence electrons. The lowest BCUT2D eigenvalue weighted by Crippen LogP contribution is -2.08. The van der Waals surface area contributed by atoms with Crippen molar-refractivity contribution in [2.45, 2.75) is 19.9 Å². The molecule has 0 aliphatic rings. The Morgan fingerprint density at radius 2 is 2.25 bits per heavy atom. The smallest absolute Gasteiger partial charge is 0.352 e. The maximum absolute atomic E-state index is 11.1. The molecule has 0 saturated carbocycles. The second-order valence-corrected chi connectivity index (χ2v) is 4.52. The topological polar surface area (TPSA) is 42.2 Å². The van der Waals surface area contributed by atoms with Gasteiger partial charge in [-0.1, -0.05) is 19.1 Å². The number of rotatable bonds is 3. The number of aryl methyl sites for hydroxylation is 1. The molecule has 0 aliphatic carbocycles. The summed E-state index contributed by atoms with van der Waals surface area (Å²) in [7, 11) is 0. The highest BCUT2D eigenvalue weighted by Crippen LogP contribution is 2.27. The number of carbonyl (C=O) groups is 1. The van der Waals surface area contributed by atoms with E-state index < -0.39 is 5.97 Å². The lowest BCUT2D eigenvalue weighted by atomic mass is 10.2. The van der Waals surface area contributed by atoms with Crippen LogP contribution in [0.2, 0.25) is 0 Å². The van der Waals surface area contributed by atoms with Gasteiger partial charge in [0.1, 0.15) is 5.69 Å². The molecule has 0 aliphatic heterocycles. The van der Waals surface area contributed by atoms with E-state index in [1.54, 1.807) is 6.07 Å². The quantitative estimate of drug-likeness (QED) is 0.936. The van der Waals surface area contributed by atoms with Crippen molar-refractivity contribution in [3.63, 3.8) is 0 Å². The molecule has 4 heteroatoms. The lowest BCUT2D eigenvalue weighted by Gasteiger charge is -2.07. The minimum Gasteiger partial charge on any atom is -0.477 e. The fraction of sp³-hybridized carbons (Fsp3) is 0.250. The van der Waals surface area contributed by atoms with Gasteiger partial charge < -0.3 is 9.67 Å². The molecule has 16 heavy (non-hydrogen) atoms. The van der Waals surface area contributed by atoms with Crippen LogP contribution in [-0.4, -0.2) is 15.6 Å². The molecule has 0 spiro atoms. The molecule has 0 atom stereocenters. The number of hydrogen-bond donors (Lipinski definition) is 1. The van der Waals surface area contributed by atoms with Crippen molar-refractivity contribution in [2.24, 2.45) is 0 Å². The lowest BCUT2D eigenvalue weighted by molar-refractivity contribution is 0.0685.